The van der Waals surface area contributed by atoms with Crippen molar-refractivity contribution < 1.29 is 23.8 Å². The number of carbonyl (C=O) groups is 2. The van der Waals surface area contributed by atoms with Crippen molar-refractivity contribution in [2.75, 3.05) is 10.7 Å². The van der Waals surface area contributed by atoms with Crippen molar-refractivity contribution in [2.24, 2.45) is 0 Å². The Morgan fingerprint density at radius 1 is 1.34 bits per heavy atom. The summed E-state index contributed by atoms with van der Waals surface area (Å²) in [7, 11) is 0. The molecule has 1 heterocycles. The number of hydrogen-bond donors (Lipinski definition) is 2. The van der Waals surface area contributed by atoms with Crippen molar-refractivity contribution in [2.45, 2.75) is 43.9 Å². The van der Waals surface area contributed by atoms with Crippen molar-refractivity contribution in [1.82, 2.24) is 5.32 Å². The van der Waals surface area contributed by atoms with E-state index in [1.54, 1.807) is 45.0 Å². The van der Waals surface area contributed by atoms with Crippen LogP contribution in [0.2, 0.25) is 5.02 Å². The molecule has 0 saturated carbocycles. The van der Waals surface area contributed by atoms with E-state index in [4.69, 9.17) is 16.3 Å². The lowest BCUT2D eigenvalue weighted by Crippen LogP contribution is -2.50. The lowest BCUT2D eigenvalue weighted by Gasteiger charge is -2.27. The average molecular weight is 479 g/mol. The first-order valence-corrected chi connectivity index (χ1v) is 11.2. The third-order valence-electron chi connectivity index (χ3n) is 4.56. The molecule has 2 aromatic rings. The molecule has 0 fully saturated rings. The minimum atomic E-state index is -0.904. The van der Waals surface area contributed by atoms with Gasteiger partial charge in [-0.2, -0.15) is 0 Å². The van der Waals surface area contributed by atoms with Gasteiger partial charge in [-0.25, -0.2) is 9.18 Å². The number of alkyl carbamates (subject to hydrolysis) is 1. The Morgan fingerprint density at radius 2 is 2.00 bits per heavy atom. The number of nitrogens with one attached hydrogen (secondary N) is 1. The Labute approximate surface area is 195 Å². The Kier molecular flexibility index (Phi) is 7.05. The molecule has 170 valence electrons. The number of aliphatic hydroxyl groups excluding tert-OH is 1. The number of benzene rings is 2. The predicted molar refractivity (Wildman–Crippen MR) is 125 cm³/mol. The van der Waals surface area contributed by atoms with Gasteiger partial charge >= 0.3 is 6.09 Å². The molecule has 6 nitrogen and oxygen atoms in total. The fourth-order valence-corrected chi connectivity index (χ4v) is 4.33. The Bertz CT molecular complexity index is 1050. The van der Waals surface area contributed by atoms with E-state index in [-0.39, 0.29) is 17.9 Å². The summed E-state index contributed by atoms with van der Waals surface area (Å²) >= 11 is 7.20. The molecule has 0 aromatic heterocycles. The zero-order valence-electron chi connectivity index (χ0n) is 17.9. The molecule has 0 bridgehead atoms. The summed E-state index contributed by atoms with van der Waals surface area (Å²) in [5, 5.41) is 13.0. The molecular weight excluding hydrogens is 455 g/mol. The molecule has 1 atom stereocenters. The normalized spacial score (nSPS) is 16.2. The summed E-state index contributed by atoms with van der Waals surface area (Å²) in [4.78, 5) is 27.8. The maximum absolute atomic E-state index is 14.5. The monoisotopic (exact) mass is 478 g/mol. The number of anilines is 1. The van der Waals surface area contributed by atoms with Crippen molar-refractivity contribution in [3.8, 4) is 0 Å². The van der Waals surface area contributed by atoms with E-state index in [9.17, 15) is 19.1 Å². The number of thioether (sulfide) groups is 1. The van der Waals surface area contributed by atoms with Crippen LogP contribution in [0.1, 0.15) is 31.9 Å². The summed E-state index contributed by atoms with van der Waals surface area (Å²) in [6, 6.07) is 8.71. The van der Waals surface area contributed by atoms with Crippen molar-refractivity contribution in [1.29, 1.82) is 0 Å². The highest BCUT2D eigenvalue weighted by molar-refractivity contribution is 7.99. The second-order valence-corrected chi connectivity index (χ2v) is 9.81. The van der Waals surface area contributed by atoms with Gasteiger partial charge in [0.25, 0.3) is 5.91 Å². The molecule has 2 N–H and O–H groups in total. The van der Waals surface area contributed by atoms with Crippen LogP contribution in [0, 0.1) is 5.82 Å². The van der Waals surface area contributed by atoms with Crippen LogP contribution in [0.15, 0.2) is 47.9 Å². The molecule has 9 heteroatoms. The SMILES string of the molecule is C=C(O)c1cc2c(cc1F)SC[C@H](NC(=O)OC(C)(C)C)C(=O)N2Cc1ccc(Cl)cc1. The van der Waals surface area contributed by atoms with Crippen LogP contribution in [-0.4, -0.2) is 34.5 Å². The molecular formula is C23H24ClFN2O4S. The predicted octanol–water partition coefficient (Wildman–Crippen LogP) is 5.54. The van der Waals surface area contributed by atoms with Crippen LogP contribution >= 0.6 is 23.4 Å². The fourth-order valence-electron chi connectivity index (χ4n) is 3.13. The van der Waals surface area contributed by atoms with Gasteiger partial charge in [0.2, 0.25) is 0 Å². The summed E-state index contributed by atoms with van der Waals surface area (Å²) in [6.45, 7) is 8.74. The van der Waals surface area contributed by atoms with E-state index in [2.05, 4.69) is 11.9 Å². The molecule has 2 amide bonds. The Morgan fingerprint density at radius 3 is 2.59 bits per heavy atom. The third-order valence-corrected chi connectivity index (χ3v) is 5.95. The van der Waals surface area contributed by atoms with Gasteiger partial charge in [0.1, 0.15) is 23.2 Å². The molecule has 1 aliphatic rings. The van der Waals surface area contributed by atoms with Gasteiger partial charge < -0.3 is 20.1 Å². The first-order valence-electron chi connectivity index (χ1n) is 9.84. The Balaban J connectivity index is 2.00. The van der Waals surface area contributed by atoms with Crippen molar-refractivity contribution in [3.63, 3.8) is 0 Å². The molecule has 1 aliphatic heterocycles. The molecule has 0 spiro atoms. The zero-order chi connectivity index (χ0) is 23.6. The minimum Gasteiger partial charge on any atom is -0.508 e. The summed E-state index contributed by atoms with van der Waals surface area (Å²) in [5.74, 6) is -1.30. The summed E-state index contributed by atoms with van der Waals surface area (Å²) in [6.07, 6.45) is -0.718. The first-order chi connectivity index (χ1) is 14.9. The third kappa shape index (κ3) is 5.75. The van der Waals surface area contributed by atoms with Crippen molar-refractivity contribution in [3.05, 3.63) is 64.9 Å². The van der Waals surface area contributed by atoms with Crippen LogP contribution in [0.3, 0.4) is 0 Å². The Hall–Kier alpha value is -2.71. The van der Waals surface area contributed by atoms with E-state index in [1.807, 2.05) is 0 Å². The number of ether oxygens (including phenoxy) is 1. The molecule has 0 radical (unpaired) electrons. The minimum absolute atomic E-state index is 0.100. The zero-order valence-corrected chi connectivity index (χ0v) is 19.5. The second-order valence-electron chi connectivity index (χ2n) is 8.31. The van der Waals surface area contributed by atoms with Gasteiger partial charge in [0.05, 0.1) is 17.8 Å². The molecule has 0 saturated heterocycles. The number of nitrogens with zero attached hydrogens (tertiary/aromatic N) is 1. The number of rotatable bonds is 4. The maximum Gasteiger partial charge on any atom is 0.408 e. The highest BCUT2D eigenvalue weighted by Gasteiger charge is 2.34. The molecule has 32 heavy (non-hydrogen) atoms. The lowest BCUT2D eigenvalue weighted by molar-refractivity contribution is -0.120. The van der Waals surface area contributed by atoms with Gasteiger partial charge in [0.15, 0.2) is 0 Å². The second kappa shape index (κ2) is 9.42. The van der Waals surface area contributed by atoms with E-state index in [0.29, 0.717) is 15.6 Å². The van der Waals surface area contributed by atoms with Crippen LogP contribution in [-0.2, 0) is 16.1 Å². The first kappa shape index (κ1) is 23.9. The topological polar surface area (TPSA) is 78.9 Å². The number of amides is 2. The van der Waals surface area contributed by atoms with E-state index in [1.165, 1.54) is 28.8 Å². The van der Waals surface area contributed by atoms with Crippen LogP contribution in [0.4, 0.5) is 14.9 Å². The van der Waals surface area contributed by atoms with E-state index in [0.717, 1.165) is 5.56 Å². The van der Waals surface area contributed by atoms with Gasteiger partial charge in [-0.15, -0.1) is 11.8 Å². The lowest BCUT2D eigenvalue weighted by atomic mass is 10.1. The van der Waals surface area contributed by atoms with Gasteiger partial charge in [-0.05, 0) is 50.6 Å². The van der Waals surface area contributed by atoms with Crippen LogP contribution < -0.4 is 10.2 Å². The number of halogens is 2. The molecule has 0 aliphatic carbocycles. The molecule has 3 rings (SSSR count). The smallest absolute Gasteiger partial charge is 0.408 e. The van der Waals surface area contributed by atoms with Crippen molar-refractivity contribution >= 4 is 46.8 Å². The van der Waals surface area contributed by atoms with Gasteiger partial charge in [-0.1, -0.05) is 30.3 Å². The fraction of sp³-hybridized carbons (Fsp3) is 0.304. The number of aliphatic hydroxyl groups is 1. The number of hydrogen-bond acceptors (Lipinski definition) is 5. The quantitative estimate of drug-likeness (QED) is 0.564. The number of carbonyl (C=O) groups excluding carboxylic acids is 2. The largest absolute Gasteiger partial charge is 0.508 e. The molecule has 2 aromatic carbocycles. The molecule has 0 unspecified atom stereocenters. The highest BCUT2D eigenvalue weighted by Crippen LogP contribution is 2.38. The standard InChI is InChI=1S/C23H24ClFN2O4S/c1-13(28)16-9-19-20(10-17(16)25)32-12-18(26-22(30)31-23(2,3)4)21(29)27(19)11-14-5-7-15(24)8-6-14/h5-10,18,28H,1,11-12H2,2-4H3,(H,26,30)/t18-/m0/s1. The maximum atomic E-state index is 14.5. The van der Waals surface area contributed by atoms with Crippen LogP contribution in [0.25, 0.3) is 5.76 Å². The van der Waals surface area contributed by atoms with Gasteiger partial charge in [0, 0.05) is 15.7 Å². The van der Waals surface area contributed by atoms with Crippen LogP contribution in [0.5, 0.6) is 0 Å². The van der Waals surface area contributed by atoms with E-state index >= 15 is 0 Å². The summed E-state index contributed by atoms with van der Waals surface area (Å²) < 4.78 is 19.8. The van der Waals surface area contributed by atoms with E-state index < -0.39 is 35.2 Å². The summed E-state index contributed by atoms with van der Waals surface area (Å²) in [5.41, 5.74) is 0.369. The average Bonchev–Trinajstić information content (AvgIpc) is 2.79. The highest BCUT2D eigenvalue weighted by atomic mass is 35.5. The number of fused-ring (bicyclic) bond motifs is 1. The van der Waals surface area contributed by atoms with Gasteiger partial charge in [-0.3, -0.25) is 4.79 Å².